The van der Waals surface area contributed by atoms with Crippen molar-refractivity contribution in [2.24, 2.45) is 0 Å². The summed E-state index contributed by atoms with van der Waals surface area (Å²) in [4.78, 5) is 5.13. The van der Waals surface area contributed by atoms with E-state index in [2.05, 4.69) is 263 Å². The number of aryl methyl sites for hydroxylation is 2. The fourth-order valence-electron chi connectivity index (χ4n) is 15.7. The molecule has 15 aromatic rings. The van der Waals surface area contributed by atoms with Crippen molar-refractivity contribution in [3.8, 4) is 22.3 Å². The van der Waals surface area contributed by atoms with E-state index in [0.29, 0.717) is 11.8 Å². The Bertz CT molecular complexity index is 4660. The van der Waals surface area contributed by atoms with Crippen molar-refractivity contribution in [2.45, 2.75) is 89.9 Å². The van der Waals surface area contributed by atoms with E-state index in [1.165, 1.54) is 219 Å². The highest BCUT2D eigenvalue weighted by Crippen LogP contribution is 2.53. The van der Waals surface area contributed by atoms with Crippen LogP contribution in [0.5, 0.6) is 0 Å². The Morgan fingerprint density at radius 1 is 0.310 bits per heavy atom. The number of rotatable bonds is 10. The van der Waals surface area contributed by atoms with E-state index < -0.39 is 0 Å². The van der Waals surface area contributed by atoms with Crippen molar-refractivity contribution in [3.05, 3.63) is 253 Å². The first-order valence-electron chi connectivity index (χ1n) is 31.0. The van der Waals surface area contributed by atoms with Crippen LogP contribution < -0.4 is 9.80 Å². The predicted octanol–water partition coefficient (Wildman–Crippen LogP) is 23.0. The van der Waals surface area contributed by atoms with Crippen molar-refractivity contribution < 1.29 is 0 Å². The Labute approximate surface area is 491 Å². The summed E-state index contributed by atoms with van der Waals surface area (Å²) in [7, 11) is 0. The smallest absolute Gasteiger partial charge is 0.0641 e. The van der Waals surface area contributed by atoms with Crippen LogP contribution in [-0.2, 0) is 0 Å². The van der Waals surface area contributed by atoms with Crippen molar-refractivity contribution in [2.75, 3.05) is 9.80 Å². The molecule has 4 aromatic heterocycles. The molecule has 4 heteroatoms. The molecule has 0 radical (unpaired) electrons. The quantitative estimate of drug-likeness (QED) is 0.136. The lowest BCUT2D eigenvalue weighted by molar-refractivity contribution is 0.443. The number of nitrogens with zero attached hydrogens (tertiary/aromatic N) is 4. The Balaban J connectivity index is 0.902. The van der Waals surface area contributed by atoms with E-state index in [0.717, 1.165) is 0 Å². The van der Waals surface area contributed by atoms with E-state index >= 15 is 0 Å². The van der Waals surface area contributed by atoms with Crippen LogP contribution in [0, 0.1) is 13.8 Å². The Kier molecular flexibility index (Phi) is 11.5. The highest BCUT2D eigenvalue weighted by Gasteiger charge is 2.30. The highest BCUT2D eigenvalue weighted by molar-refractivity contribution is 6.32. The van der Waals surface area contributed by atoms with Crippen LogP contribution in [0.1, 0.15) is 98.3 Å². The third-order valence-corrected chi connectivity index (χ3v) is 19.7. The van der Waals surface area contributed by atoms with Crippen molar-refractivity contribution in [1.29, 1.82) is 0 Å². The second-order valence-corrected chi connectivity index (χ2v) is 24.6. The summed E-state index contributed by atoms with van der Waals surface area (Å²) in [6.07, 6.45) is 13.1. The van der Waals surface area contributed by atoms with Crippen LogP contribution in [-0.4, -0.2) is 8.80 Å². The third-order valence-electron chi connectivity index (χ3n) is 19.7. The molecule has 17 rings (SSSR count). The molecule has 0 N–H and O–H groups in total. The van der Waals surface area contributed by atoms with Crippen LogP contribution in [0.3, 0.4) is 0 Å². The molecule has 2 saturated carbocycles. The Hall–Kier alpha value is -9.38. The van der Waals surface area contributed by atoms with Gasteiger partial charge in [-0.05, 0) is 159 Å². The zero-order chi connectivity index (χ0) is 55.6. The van der Waals surface area contributed by atoms with Gasteiger partial charge in [-0.25, -0.2) is 0 Å². The SMILES string of the molecule is Cc1ccc(N(c2ccc(C3CCCCC3)cc2)c2ccc3c4cc5c(cc4n4c6ccccc6c2c34)c2ccc(N(c3ccc(C4CCCCC4)cc3)c3ccc(C)cc3-c3ccccc3)c3c4ccccc4n5c23)c(-c2ccccc2)c1. The highest BCUT2D eigenvalue weighted by atomic mass is 15.2. The van der Waals surface area contributed by atoms with Crippen molar-refractivity contribution >= 4 is 110 Å². The molecule has 0 unspecified atom stereocenters. The second-order valence-electron chi connectivity index (χ2n) is 24.6. The van der Waals surface area contributed by atoms with E-state index in [-0.39, 0.29) is 0 Å². The summed E-state index contributed by atoms with van der Waals surface area (Å²) in [6.45, 7) is 4.43. The molecule has 0 saturated heterocycles. The summed E-state index contributed by atoms with van der Waals surface area (Å²) in [5, 5.41) is 10.1. The summed E-state index contributed by atoms with van der Waals surface area (Å²) in [5.41, 5.74) is 24.8. The summed E-state index contributed by atoms with van der Waals surface area (Å²) >= 11 is 0. The molecule has 0 amide bonds. The number of hydrogen-bond acceptors (Lipinski definition) is 2. The topological polar surface area (TPSA) is 15.3 Å². The van der Waals surface area contributed by atoms with Gasteiger partial charge >= 0.3 is 0 Å². The number of anilines is 6. The molecule has 2 aliphatic carbocycles. The number of fused-ring (bicyclic) bond motifs is 12. The lowest BCUT2D eigenvalue weighted by Crippen LogP contribution is -2.12. The van der Waals surface area contributed by atoms with Gasteiger partial charge in [0.1, 0.15) is 0 Å². The Morgan fingerprint density at radius 2 is 0.690 bits per heavy atom. The molecule has 0 aliphatic heterocycles. The summed E-state index contributed by atoms with van der Waals surface area (Å²) < 4.78 is 5.19. The maximum absolute atomic E-state index is 2.59. The molecule has 2 fully saturated rings. The molecule has 0 atom stereocenters. The molecule has 0 spiro atoms. The van der Waals surface area contributed by atoms with Gasteiger partial charge in [-0.15, -0.1) is 0 Å². The zero-order valence-corrected chi connectivity index (χ0v) is 48.0. The van der Waals surface area contributed by atoms with Gasteiger partial charge < -0.3 is 18.6 Å². The average Bonchev–Trinajstić information content (AvgIpc) is 1.70. The lowest BCUT2D eigenvalue weighted by atomic mass is 9.84. The van der Waals surface area contributed by atoms with Gasteiger partial charge in [0.15, 0.2) is 0 Å². The Morgan fingerprint density at radius 3 is 1.11 bits per heavy atom. The molecule has 4 heterocycles. The van der Waals surface area contributed by atoms with Gasteiger partial charge in [0.05, 0.1) is 55.8 Å². The molecule has 0 bridgehead atoms. The minimum atomic E-state index is 0.628. The maximum Gasteiger partial charge on any atom is 0.0641 e. The molecule has 4 nitrogen and oxygen atoms in total. The molecule has 2 aliphatic rings. The minimum Gasteiger partial charge on any atom is -0.309 e. The number of para-hydroxylation sites is 2. The normalized spacial score (nSPS) is 14.7. The van der Waals surface area contributed by atoms with Crippen LogP contribution in [0.15, 0.2) is 231 Å². The van der Waals surface area contributed by atoms with Crippen LogP contribution >= 0.6 is 0 Å². The van der Waals surface area contributed by atoms with Gasteiger partial charge in [0.25, 0.3) is 0 Å². The van der Waals surface area contributed by atoms with Gasteiger partial charge in [-0.3, -0.25) is 0 Å². The monoisotopic (exact) mass is 1080 g/mol. The maximum atomic E-state index is 2.59. The van der Waals surface area contributed by atoms with Crippen molar-refractivity contribution in [1.82, 2.24) is 8.80 Å². The largest absolute Gasteiger partial charge is 0.309 e. The summed E-state index contributed by atoms with van der Waals surface area (Å²) in [5.74, 6) is 1.26. The lowest BCUT2D eigenvalue weighted by Gasteiger charge is -2.30. The van der Waals surface area contributed by atoms with Gasteiger partial charge in [-0.2, -0.15) is 0 Å². The van der Waals surface area contributed by atoms with Gasteiger partial charge in [-0.1, -0.05) is 195 Å². The van der Waals surface area contributed by atoms with Crippen LogP contribution in [0.4, 0.5) is 34.1 Å². The fraction of sp³-hybridized carbons (Fsp3) is 0.175. The second kappa shape index (κ2) is 19.6. The molecule has 11 aromatic carbocycles. The van der Waals surface area contributed by atoms with Gasteiger partial charge in [0, 0.05) is 65.6 Å². The first-order valence-corrected chi connectivity index (χ1v) is 31.0. The molecular formula is C80H66N4. The average molecular weight is 1080 g/mol. The number of benzene rings is 11. The van der Waals surface area contributed by atoms with Crippen molar-refractivity contribution in [3.63, 3.8) is 0 Å². The molecule has 406 valence electrons. The first-order chi connectivity index (χ1) is 41.5. The minimum absolute atomic E-state index is 0.628. The van der Waals surface area contributed by atoms with E-state index in [1.807, 2.05) is 0 Å². The molecule has 84 heavy (non-hydrogen) atoms. The number of aromatic nitrogens is 2. The molecular weight excluding hydrogens is 1020 g/mol. The standard InChI is InChI=1S/C80H66N4/c1-51-31-43-71(65(47-51)57-23-11-5-12-24-57)81(59-37-33-55(34-38-59)53-19-7-3-8-20-53)73-45-41-61-67-49-76-68(50-75(67)83-69-29-17-15-27-63(69)77(73)79(61)83)62-42-46-74(78-64-28-16-18-30-70(64)84(76)80(62)78)82(60-39-35-56(36-40-60)54-21-9-4-10-22-54)72-44-32-52(2)48-66(72)58-25-13-6-14-26-58/h5-6,11-18,23-50,53-54H,3-4,7-10,19-22H2,1-2H3. The van der Waals surface area contributed by atoms with Crippen LogP contribution in [0.25, 0.3) is 98.4 Å². The van der Waals surface area contributed by atoms with E-state index in [4.69, 9.17) is 0 Å². The first kappa shape index (κ1) is 49.2. The predicted molar refractivity (Wildman–Crippen MR) is 357 cm³/mol. The van der Waals surface area contributed by atoms with Gasteiger partial charge in [0.2, 0.25) is 0 Å². The van der Waals surface area contributed by atoms with E-state index in [9.17, 15) is 0 Å². The fourth-order valence-corrected chi connectivity index (χ4v) is 15.7. The van der Waals surface area contributed by atoms with E-state index in [1.54, 1.807) is 0 Å². The zero-order valence-electron chi connectivity index (χ0n) is 48.0. The number of hydrogen-bond donors (Lipinski definition) is 0. The summed E-state index contributed by atoms with van der Waals surface area (Å²) in [6, 6.07) is 88.3. The third kappa shape index (κ3) is 7.65. The van der Waals surface area contributed by atoms with Crippen LogP contribution in [0.2, 0.25) is 0 Å².